The van der Waals surface area contributed by atoms with Crippen LogP contribution in [0.1, 0.15) is 38.2 Å². The van der Waals surface area contributed by atoms with Gasteiger partial charge in [-0.25, -0.2) is 0 Å². The Morgan fingerprint density at radius 2 is 1.81 bits per heavy atom. The van der Waals surface area contributed by atoms with Crippen molar-refractivity contribution in [3.8, 4) is 0 Å². The van der Waals surface area contributed by atoms with E-state index in [1.807, 2.05) is 12.1 Å². The first-order valence-corrected chi connectivity index (χ1v) is 5.58. The van der Waals surface area contributed by atoms with Gasteiger partial charge in [0.05, 0.1) is 5.41 Å². The molecule has 0 saturated heterocycles. The molecule has 84 valence electrons. The molecule has 1 saturated carbocycles. The molecule has 3 heteroatoms. The smallest absolute Gasteiger partial charge is 0.140 e. The lowest BCUT2D eigenvalue weighted by molar-refractivity contribution is -0.127. The van der Waals surface area contributed by atoms with E-state index in [9.17, 15) is 9.59 Å². The van der Waals surface area contributed by atoms with E-state index >= 15 is 0 Å². The van der Waals surface area contributed by atoms with Crippen LogP contribution in [0, 0.1) is 0 Å². The SMILES string of the molecule is CC(=O)C1(c2ccncc2)CCC(=O)CC1. The molecule has 1 heterocycles. The van der Waals surface area contributed by atoms with Gasteiger partial charge in [0.2, 0.25) is 0 Å². The van der Waals surface area contributed by atoms with Gasteiger partial charge in [0.25, 0.3) is 0 Å². The van der Waals surface area contributed by atoms with Crippen LogP contribution in [0.3, 0.4) is 0 Å². The molecule has 0 radical (unpaired) electrons. The lowest BCUT2D eigenvalue weighted by Crippen LogP contribution is -2.38. The van der Waals surface area contributed by atoms with E-state index in [2.05, 4.69) is 4.98 Å². The Balaban J connectivity index is 2.37. The maximum atomic E-state index is 11.9. The van der Waals surface area contributed by atoms with Crippen molar-refractivity contribution in [1.29, 1.82) is 0 Å². The largest absolute Gasteiger partial charge is 0.300 e. The first kappa shape index (κ1) is 11.0. The average molecular weight is 217 g/mol. The van der Waals surface area contributed by atoms with Crippen LogP contribution < -0.4 is 0 Å². The Morgan fingerprint density at radius 3 is 2.31 bits per heavy atom. The summed E-state index contributed by atoms with van der Waals surface area (Å²) in [4.78, 5) is 27.1. The van der Waals surface area contributed by atoms with E-state index in [0.29, 0.717) is 25.7 Å². The van der Waals surface area contributed by atoms with Gasteiger partial charge in [0.15, 0.2) is 0 Å². The maximum absolute atomic E-state index is 11.9. The van der Waals surface area contributed by atoms with Gasteiger partial charge in [-0.3, -0.25) is 14.6 Å². The van der Waals surface area contributed by atoms with Crippen molar-refractivity contribution >= 4 is 11.6 Å². The molecule has 16 heavy (non-hydrogen) atoms. The summed E-state index contributed by atoms with van der Waals surface area (Å²) in [5.74, 6) is 0.428. The van der Waals surface area contributed by atoms with Crippen LogP contribution >= 0.6 is 0 Å². The van der Waals surface area contributed by atoms with Gasteiger partial charge in [-0.05, 0) is 37.5 Å². The van der Waals surface area contributed by atoms with Crippen molar-refractivity contribution in [2.24, 2.45) is 0 Å². The number of rotatable bonds is 2. The molecule has 3 nitrogen and oxygen atoms in total. The highest BCUT2D eigenvalue weighted by Gasteiger charge is 2.40. The molecule has 1 aromatic heterocycles. The number of carbonyl (C=O) groups excluding carboxylic acids is 2. The standard InChI is InChI=1S/C13H15NO2/c1-10(15)13(6-2-12(16)3-7-13)11-4-8-14-9-5-11/h4-5,8-9H,2-3,6-7H2,1H3. The molecule has 0 atom stereocenters. The van der Waals surface area contributed by atoms with E-state index in [4.69, 9.17) is 0 Å². The maximum Gasteiger partial charge on any atom is 0.140 e. The van der Waals surface area contributed by atoms with Gasteiger partial charge < -0.3 is 0 Å². The second-order valence-electron chi connectivity index (χ2n) is 4.41. The molecule has 2 rings (SSSR count). The summed E-state index contributed by atoms with van der Waals surface area (Å²) in [6.07, 6.45) is 5.73. The quantitative estimate of drug-likeness (QED) is 0.761. The third kappa shape index (κ3) is 1.77. The van der Waals surface area contributed by atoms with Crippen molar-refractivity contribution < 1.29 is 9.59 Å². The number of carbonyl (C=O) groups is 2. The van der Waals surface area contributed by atoms with Gasteiger partial charge in [-0.2, -0.15) is 0 Å². The number of pyridine rings is 1. The second-order valence-corrected chi connectivity index (χ2v) is 4.41. The molecular weight excluding hydrogens is 202 g/mol. The van der Waals surface area contributed by atoms with Gasteiger partial charge in [-0.15, -0.1) is 0 Å². The number of aromatic nitrogens is 1. The zero-order valence-electron chi connectivity index (χ0n) is 9.40. The Bertz CT molecular complexity index is 401. The first-order chi connectivity index (χ1) is 7.65. The topological polar surface area (TPSA) is 47.0 Å². The molecule has 1 aromatic rings. The summed E-state index contributed by atoms with van der Waals surface area (Å²) in [6.45, 7) is 1.62. The fourth-order valence-corrected chi connectivity index (χ4v) is 2.47. The summed E-state index contributed by atoms with van der Waals surface area (Å²) in [6, 6.07) is 3.77. The molecule has 1 aliphatic rings. The van der Waals surface area contributed by atoms with Gasteiger partial charge in [0.1, 0.15) is 11.6 Å². The van der Waals surface area contributed by atoms with Gasteiger partial charge in [-0.1, -0.05) is 0 Å². The van der Waals surface area contributed by atoms with Crippen LogP contribution in [-0.4, -0.2) is 16.6 Å². The third-order valence-corrected chi connectivity index (χ3v) is 3.57. The Kier molecular flexibility index (Phi) is 2.86. The fourth-order valence-electron chi connectivity index (χ4n) is 2.47. The molecule has 0 spiro atoms. The summed E-state index contributed by atoms with van der Waals surface area (Å²) in [5.41, 5.74) is 0.555. The van der Waals surface area contributed by atoms with Crippen molar-refractivity contribution in [2.75, 3.05) is 0 Å². The molecular formula is C13H15NO2. The van der Waals surface area contributed by atoms with Crippen LogP contribution in [0.2, 0.25) is 0 Å². The van der Waals surface area contributed by atoms with E-state index in [-0.39, 0.29) is 11.6 Å². The molecule has 0 aromatic carbocycles. The van der Waals surface area contributed by atoms with Gasteiger partial charge >= 0.3 is 0 Å². The van der Waals surface area contributed by atoms with Crippen molar-refractivity contribution in [1.82, 2.24) is 4.98 Å². The monoisotopic (exact) mass is 217 g/mol. The summed E-state index contributed by atoms with van der Waals surface area (Å²) >= 11 is 0. The number of hydrogen-bond donors (Lipinski definition) is 0. The van der Waals surface area contributed by atoms with Crippen LogP contribution in [0.4, 0.5) is 0 Å². The van der Waals surface area contributed by atoms with Crippen LogP contribution in [0.25, 0.3) is 0 Å². The summed E-state index contributed by atoms with van der Waals surface area (Å²) in [5, 5.41) is 0. The zero-order valence-corrected chi connectivity index (χ0v) is 9.40. The number of nitrogens with zero attached hydrogens (tertiary/aromatic N) is 1. The predicted molar refractivity (Wildman–Crippen MR) is 60.1 cm³/mol. The van der Waals surface area contributed by atoms with E-state index in [0.717, 1.165) is 5.56 Å². The Hall–Kier alpha value is -1.51. The minimum absolute atomic E-state index is 0.159. The van der Waals surface area contributed by atoms with E-state index < -0.39 is 5.41 Å². The average Bonchev–Trinajstić information content (AvgIpc) is 2.31. The molecule has 0 amide bonds. The highest BCUT2D eigenvalue weighted by molar-refractivity contribution is 5.91. The normalized spacial score (nSPS) is 19.4. The second kappa shape index (κ2) is 4.16. The molecule has 0 aliphatic heterocycles. The molecule has 1 aliphatic carbocycles. The minimum Gasteiger partial charge on any atom is -0.300 e. The fraction of sp³-hybridized carbons (Fsp3) is 0.462. The van der Waals surface area contributed by atoms with Crippen molar-refractivity contribution in [3.63, 3.8) is 0 Å². The number of hydrogen-bond acceptors (Lipinski definition) is 3. The minimum atomic E-state index is -0.448. The molecule has 1 fully saturated rings. The highest BCUT2D eigenvalue weighted by atomic mass is 16.1. The van der Waals surface area contributed by atoms with E-state index in [1.165, 1.54) is 0 Å². The van der Waals surface area contributed by atoms with Gasteiger partial charge in [0, 0.05) is 25.2 Å². The Labute approximate surface area is 94.9 Å². The molecule has 0 unspecified atom stereocenters. The first-order valence-electron chi connectivity index (χ1n) is 5.58. The van der Waals surface area contributed by atoms with Crippen LogP contribution in [0.5, 0.6) is 0 Å². The summed E-state index contributed by atoms with van der Waals surface area (Å²) < 4.78 is 0. The lowest BCUT2D eigenvalue weighted by atomic mass is 9.67. The lowest BCUT2D eigenvalue weighted by Gasteiger charge is -2.34. The Morgan fingerprint density at radius 1 is 1.25 bits per heavy atom. The summed E-state index contributed by atoms with van der Waals surface area (Å²) in [7, 11) is 0. The molecule has 0 N–H and O–H groups in total. The third-order valence-electron chi connectivity index (χ3n) is 3.57. The van der Waals surface area contributed by atoms with Crippen molar-refractivity contribution in [2.45, 2.75) is 38.0 Å². The van der Waals surface area contributed by atoms with Crippen LogP contribution in [0.15, 0.2) is 24.5 Å². The van der Waals surface area contributed by atoms with E-state index in [1.54, 1.807) is 19.3 Å². The van der Waals surface area contributed by atoms with Crippen molar-refractivity contribution in [3.05, 3.63) is 30.1 Å². The zero-order chi connectivity index (χ0) is 11.6. The number of ketones is 2. The highest BCUT2D eigenvalue weighted by Crippen LogP contribution is 2.38. The molecule has 0 bridgehead atoms. The predicted octanol–water partition coefficient (Wildman–Crippen LogP) is 2.05. The number of Topliss-reactive ketones (excluding diaryl/α,β-unsaturated/α-hetero) is 2. The van der Waals surface area contributed by atoms with Crippen LogP contribution in [-0.2, 0) is 15.0 Å².